The molecular formula is C18H23ClN4. The Labute approximate surface area is 143 Å². The van der Waals surface area contributed by atoms with Gasteiger partial charge in [0.15, 0.2) is 5.96 Å². The van der Waals surface area contributed by atoms with Crippen molar-refractivity contribution >= 4 is 17.6 Å². The molecule has 0 saturated carbocycles. The van der Waals surface area contributed by atoms with Gasteiger partial charge in [-0.25, -0.2) is 4.98 Å². The lowest BCUT2D eigenvalue weighted by Gasteiger charge is -2.11. The van der Waals surface area contributed by atoms with Crippen LogP contribution in [0.25, 0.3) is 0 Å². The minimum atomic E-state index is 0.525. The number of hydrogen-bond donors (Lipinski definition) is 2. The summed E-state index contributed by atoms with van der Waals surface area (Å²) in [6, 6.07) is 14.2. The second-order valence-electron chi connectivity index (χ2n) is 5.16. The number of halogens is 1. The Bertz CT molecular complexity index is 596. The Hall–Kier alpha value is -2.07. The van der Waals surface area contributed by atoms with Crippen LogP contribution in [0.1, 0.15) is 18.1 Å². The third-order valence-corrected chi connectivity index (χ3v) is 3.58. The topological polar surface area (TPSA) is 49.3 Å². The highest BCUT2D eigenvalue weighted by Gasteiger charge is 1.99. The van der Waals surface area contributed by atoms with Crippen molar-refractivity contribution in [3.05, 3.63) is 64.9 Å². The van der Waals surface area contributed by atoms with Gasteiger partial charge in [0.2, 0.25) is 0 Å². The van der Waals surface area contributed by atoms with Crippen molar-refractivity contribution in [3.63, 3.8) is 0 Å². The molecule has 1 heterocycles. The molecule has 4 nitrogen and oxygen atoms in total. The number of guanidine groups is 1. The fourth-order valence-corrected chi connectivity index (χ4v) is 2.27. The lowest BCUT2D eigenvalue weighted by atomic mass is 10.2. The maximum Gasteiger partial charge on any atom is 0.191 e. The van der Waals surface area contributed by atoms with E-state index in [0.717, 1.165) is 44.0 Å². The highest BCUT2D eigenvalue weighted by Crippen LogP contribution is 2.05. The highest BCUT2D eigenvalue weighted by molar-refractivity contribution is 6.29. The second kappa shape index (κ2) is 9.85. The number of pyridine rings is 1. The molecule has 0 unspecified atom stereocenters. The molecule has 0 aliphatic heterocycles. The van der Waals surface area contributed by atoms with Crippen LogP contribution < -0.4 is 10.6 Å². The standard InChI is InChI=1S/C18H23ClN4/c1-2-20-18(21-12-10-15-6-4-3-5-7-15)22-13-11-16-8-9-17(19)23-14-16/h3-9,14H,2,10-13H2,1H3,(H2,20,21,22). The van der Waals surface area contributed by atoms with Gasteiger partial charge in [0.05, 0.1) is 0 Å². The van der Waals surface area contributed by atoms with E-state index in [1.165, 1.54) is 5.56 Å². The Balaban J connectivity index is 1.78. The van der Waals surface area contributed by atoms with E-state index < -0.39 is 0 Å². The van der Waals surface area contributed by atoms with Crippen LogP contribution in [0.4, 0.5) is 0 Å². The van der Waals surface area contributed by atoms with Gasteiger partial charge in [0.1, 0.15) is 5.15 Å². The van der Waals surface area contributed by atoms with E-state index in [-0.39, 0.29) is 0 Å². The molecule has 0 aliphatic carbocycles. The van der Waals surface area contributed by atoms with Crippen molar-refractivity contribution in [3.8, 4) is 0 Å². The number of aliphatic imine (C=N–C) groups is 1. The van der Waals surface area contributed by atoms with Crippen LogP contribution >= 0.6 is 11.6 Å². The van der Waals surface area contributed by atoms with Crippen molar-refractivity contribution in [2.24, 2.45) is 4.99 Å². The maximum atomic E-state index is 5.79. The maximum absolute atomic E-state index is 5.79. The fraction of sp³-hybridized carbons (Fsp3) is 0.333. The van der Waals surface area contributed by atoms with Crippen molar-refractivity contribution in [1.29, 1.82) is 0 Å². The molecule has 0 amide bonds. The first-order valence-electron chi connectivity index (χ1n) is 7.94. The molecule has 122 valence electrons. The Morgan fingerprint density at radius 3 is 2.57 bits per heavy atom. The number of hydrogen-bond acceptors (Lipinski definition) is 2. The summed E-state index contributed by atoms with van der Waals surface area (Å²) in [6.07, 6.45) is 3.63. The molecule has 0 aliphatic rings. The lowest BCUT2D eigenvalue weighted by Crippen LogP contribution is -2.38. The Kier molecular flexibility index (Phi) is 7.40. The number of aromatic nitrogens is 1. The lowest BCUT2D eigenvalue weighted by molar-refractivity contribution is 0.795. The molecule has 0 spiro atoms. The number of nitrogens with one attached hydrogen (secondary N) is 2. The number of benzene rings is 1. The summed E-state index contributed by atoms with van der Waals surface area (Å²) >= 11 is 5.79. The Morgan fingerprint density at radius 1 is 1.04 bits per heavy atom. The second-order valence-corrected chi connectivity index (χ2v) is 5.55. The third-order valence-electron chi connectivity index (χ3n) is 3.35. The molecule has 2 aromatic rings. The number of nitrogens with zero attached hydrogens (tertiary/aromatic N) is 2. The largest absolute Gasteiger partial charge is 0.357 e. The van der Waals surface area contributed by atoms with E-state index in [1.54, 1.807) is 0 Å². The minimum absolute atomic E-state index is 0.525. The van der Waals surface area contributed by atoms with E-state index in [0.29, 0.717) is 5.15 Å². The van der Waals surface area contributed by atoms with Gasteiger partial charge in [0.25, 0.3) is 0 Å². The zero-order valence-corrected chi connectivity index (χ0v) is 14.2. The summed E-state index contributed by atoms with van der Waals surface area (Å²) in [4.78, 5) is 8.70. The van der Waals surface area contributed by atoms with Gasteiger partial charge in [-0.05, 0) is 37.0 Å². The minimum Gasteiger partial charge on any atom is -0.357 e. The van der Waals surface area contributed by atoms with Crippen molar-refractivity contribution in [1.82, 2.24) is 15.6 Å². The van der Waals surface area contributed by atoms with Gasteiger partial charge in [-0.1, -0.05) is 48.0 Å². The number of rotatable bonds is 7. The van der Waals surface area contributed by atoms with Gasteiger partial charge in [-0.2, -0.15) is 0 Å². The van der Waals surface area contributed by atoms with Crippen molar-refractivity contribution in [2.75, 3.05) is 19.6 Å². The van der Waals surface area contributed by atoms with E-state index in [2.05, 4.69) is 51.8 Å². The van der Waals surface area contributed by atoms with Crippen LogP contribution in [0.3, 0.4) is 0 Å². The zero-order chi connectivity index (χ0) is 16.3. The van der Waals surface area contributed by atoms with Gasteiger partial charge in [-0.3, -0.25) is 4.99 Å². The van der Waals surface area contributed by atoms with Gasteiger partial charge >= 0.3 is 0 Å². The molecule has 0 atom stereocenters. The molecule has 2 N–H and O–H groups in total. The first kappa shape index (κ1) is 17.3. The van der Waals surface area contributed by atoms with E-state index >= 15 is 0 Å². The van der Waals surface area contributed by atoms with Gasteiger partial charge < -0.3 is 10.6 Å². The molecule has 1 aromatic heterocycles. The zero-order valence-electron chi connectivity index (χ0n) is 13.4. The van der Waals surface area contributed by atoms with Gasteiger partial charge in [-0.15, -0.1) is 0 Å². The molecule has 2 rings (SSSR count). The van der Waals surface area contributed by atoms with Crippen LogP contribution in [0, 0.1) is 0 Å². The van der Waals surface area contributed by atoms with Crippen molar-refractivity contribution in [2.45, 2.75) is 19.8 Å². The average molecular weight is 331 g/mol. The van der Waals surface area contributed by atoms with E-state index in [1.807, 2.05) is 24.4 Å². The van der Waals surface area contributed by atoms with Gasteiger partial charge in [0, 0.05) is 25.8 Å². The molecule has 5 heteroatoms. The molecule has 0 saturated heterocycles. The predicted octanol–water partition coefficient (Wildman–Crippen LogP) is 3.08. The molecule has 0 fully saturated rings. The first-order chi connectivity index (χ1) is 11.3. The van der Waals surface area contributed by atoms with Crippen LogP contribution in [-0.4, -0.2) is 30.6 Å². The van der Waals surface area contributed by atoms with Crippen LogP contribution in [0.15, 0.2) is 53.7 Å². The molecule has 23 heavy (non-hydrogen) atoms. The summed E-state index contributed by atoms with van der Waals surface area (Å²) in [6.45, 7) is 4.49. The highest BCUT2D eigenvalue weighted by atomic mass is 35.5. The Morgan fingerprint density at radius 2 is 1.87 bits per heavy atom. The van der Waals surface area contributed by atoms with Crippen LogP contribution in [0.5, 0.6) is 0 Å². The summed E-state index contributed by atoms with van der Waals surface area (Å²) in [5.41, 5.74) is 2.46. The SMILES string of the molecule is CCNC(=NCCc1ccccc1)NCCc1ccc(Cl)nc1. The third kappa shape index (κ3) is 6.70. The molecule has 1 aromatic carbocycles. The molecule has 0 radical (unpaired) electrons. The summed E-state index contributed by atoms with van der Waals surface area (Å²) < 4.78 is 0. The normalized spacial score (nSPS) is 11.3. The van der Waals surface area contributed by atoms with Crippen LogP contribution in [-0.2, 0) is 12.8 Å². The smallest absolute Gasteiger partial charge is 0.191 e. The quantitative estimate of drug-likeness (QED) is 0.466. The fourth-order valence-electron chi connectivity index (χ4n) is 2.16. The van der Waals surface area contributed by atoms with Crippen molar-refractivity contribution < 1.29 is 0 Å². The monoisotopic (exact) mass is 330 g/mol. The van der Waals surface area contributed by atoms with Crippen LogP contribution in [0.2, 0.25) is 5.15 Å². The first-order valence-corrected chi connectivity index (χ1v) is 8.32. The average Bonchev–Trinajstić information content (AvgIpc) is 2.58. The predicted molar refractivity (Wildman–Crippen MR) is 97.1 cm³/mol. The molecular weight excluding hydrogens is 308 g/mol. The van der Waals surface area contributed by atoms with E-state index in [4.69, 9.17) is 11.6 Å². The summed E-state index contributed by atoms with van der Waals surface area (Å²) in [5, 5.41) is 7.14. The molecule has 0 bridgehead atoms. The summed E-state index contributed by atoms with van der Waals surface area (Å²) in [5.74, 6) is 0.852. The summed E-state index contributed by atoms with van der Waals surface area (Å²) in [7, 11) is 0. The van der Waals surface area contributed by atoms with E-state index in [9.17, 15) is 0 Å².